The smallest absolute Gasteiger partial charge is 0.273 e. The zero-order chi connectivity index (χ0) is 24.7. The fourth-order valence-electron chi connectivity index (χ4n) is 3.95. The van der Waals surface area contributed by atoms with E-state index < -0.39 is 0 Å². The molecule has 4 aromatic rings. The largest absolute Gasteiger partial charge is 0.497 e. The van der Waals surface area contributed by atoms with Crippen LogP contribution in [0.5, 0.6) is 17.2 Å². The fraction of sp³-hybridized carbons (Fsp3) is 0.222. The number of hydrogen-bond acceptors (Lipinski definition) is 8. The number of nitrogens with zero attached hydrogens (tertiary/aromatic N) is 3. The normalized spacial score (nSPS) is 12.1. The Labute approximate surface area is 208 Å². The molecule has 0 atom stereocenters. The Morgan fingerprint density at radius 1 is 1.00 bits per heavy atom. The van der Waals surface area contributed by atoms with E-state index in [0.29, 0.717) is 32.1 Å². The monoisotopic (exact) mass is 486 g/mol. The second-order valence-corrected chi connectivity index (χ2v) is 8.35. The summed E-state index contributed by atoms with van der Waals surface area (Å²) in [6.45, 7) is 2.23. The topological polar surface area (TPSA) is 99.0 Å². The predicted molar refractivity (Wildman–Crippen MR) is 130 cm³/mol. The Hall–Kier alpha value is -4.37. The maximum absolute atomic E-state index is 12.6. The van der Waals surface area contributed by atoms with Gasteiger partial charge in [0.1, 0.15) is 12.0 Å². The van der Waals surface area contributed by atoms with Crippen LogP contribution in [0.4, 0.5) is 0 Å². The standard InChI is InChI=1S/C27H26N4O5/c1-33-22-6-2-4-19(10-22)14-31(15-20-7-8-24-25(11-20)36-18-35-24)16-26-30-23(17-34-26)27(32)29-13-21-5-3-9-28-12-21/h2-12,17H,13-16,18H2,1H3,(H,29,32). The highest BCUT2D eigenvalue weighted by Crippen LogP contribution is 2.33. The number of methoxy groups -OCH3 is 1. The van der Waals surface area contributed by atoms with Gasteiger partial charge in [-0.3, -0.25) is 14.7 Å². The third kappa shape index (κ3) is 5.81. The zero-order valence-electron chi connectivity index (χ0n) is 19.8. The minimum absolute atomic E-state index is 0.230. The lowest BCUT2D eigenvalue weighted by Gasteiger charge is -2.21. The second-order valence-electron chi connectivity index (χ2n) is 8.35. The molecule has 2 aromatic carbocycles. The van der Waals surface area contributed by atoms with Crippen LogP contribution < -0.4 is 19.5 Å². The summed E-state index contributed by atoms with van der Waals surface area (Å²) >= 11 is 0. The van der Waals surface area contributed by atoms with Gasteiger partial charge in [0.05, 0.1) is 13.7 Å². The minimum atomic E-state index is -0.302. The molecule has 5 rings (SSSR count). The van der Waals surface area contributed by atoms with E-state index >= 15 is 0 Å². The van der Waals surface area contributed by atoms with Crippen molar-refractivity contribution in [3.63, 3.8) is 0 Å². The van der Waals surface area contributed by atoms with Crippen molar-refractivity contribution in [3.8, 4) is 17.2 Å². The van der Waals surface area contributed by atoms with Crippen LogP contribution in [0.15, 0.2) is 77.7 Å². The number of ether oxygens (including phenoxy) is 3. The van der Waals surface area contributed by atoms with Gasteiger partial charge >= 0.3 is 0 Å². The molecule has 0 bridgehead atoms. The third-order valence-corrected chi connectivity index (χ3v) is 5.70. The van der Waals surface area contributed by atoms with Crippen molar-refractivity contribution in [3.05, 3.63) is 102 Å². The SMILES string of the molecule is COc1cccc(CN(Cc2ccc3c(c2)OCO3)Cc2nc(C(=O)NCc3cccnc3)co2)c1. The number of aromatic nitrogens is 2. The Morgan fingerprint density at radius 2 is 1.83 bits per heavy atom. The molecule has 1 aliphatic heterocycles. The van der Waals surface area contributed by atoms with E-state index in [1.165, 1.54) is 6.26 Å². The van der Waals surface area contributed by atoms with Crippen LogP contribution in [-0.4, -0.2) is 34.7 Å². The van der Waals surface area contributed by atoms with Crippen molar-refractivity contribution in [2.24, 2.45) is 0 Å². The van der Waals surface area contributed by atoms with E-state index in [1.807, 2.05) is 54.6 Å². The van der Waals surface area contributed by atoms with E-state index in [1.54, 1.807) is 19.5 Å². The predicted octanol–water partition coefficient (Wildman–Crippen LogP) is 3.94. The molecule has 0 spiro atoms. The molecule has 0 aliphatic carbocycles. The van der Waals surface area contributed by atoms with Crippen molar-refractivity contribution >= 4 is 5.91 Å². The lowest BCUT2D eigenvalue weighted by atomic mass is 10.1. The van der Waals surface area contributed by atoms with Gasteiger partial charge in [0.25, 0.3) is 5.91 Å². The Bertz CT molecular complexity index is 1320. The van der Waals surface area contributed by atoms with Gasteiger partial charge < -0.3 is 23.9 Å². The van der Waals surface area contributed by atoms with Gasteiger partial charge in [0, 0.05) is 32.0 Å². The Morgan fingerprint density at radius 3 is 2.67 bits per heavy atom. The van der Waals surface area contributed by atoms with Gasteiger partial charge in [-0.15, -0.1) is 0 Å². The number of benzene rings is 2. The number of amides is 1. The number of hydrogen-bond donors (Lipinski definition) is 1. The molecule has 36 heavy (non-hydrogen) atoms. The lowest BCUT2D eigenvalue weighted by Crippen LogP contribution is -2.24. The first-order chi connectivity index (χ1) is 17.7. The van der Waals surface area contributed by atoms with Gasteiger partial charge in [-0.1, -0.05) is 24.3 Å². The van der Waals surface area contributed by atoms with Gasteiger partial charge in [-0.25, -0.2) is 4.98 Å². The van der Waals surface area contributed by atoms with E-state index in [9.17, 15) is 4.79 Å². The molecule has 0 fully saturated rings. The third-order valence-electron chi connectivity index (χ3n) is 5.70. The van der Waals surface area contributed by atoms with Crippen molar-refractivity contribution in [1.29, 1.82) is 0 Å². The first kappa shape index (κ1) is 23.4. The molecule has 1 N–H and O–H groups in total. The molecule has 1 aliphatic rings. The highest BCUT2D eigenvalue weighted by Gasteiger charge is 2.18. The number of nitrogens with one attached hydrogen (secondary N) is 1. The summed E-state index contributed by atoms with van der Waals surface area (Å²) in [6.07, 6.45) is 4.79. The number of fused-ring (bicyclic) bond motifs is 1. The maximum atomic E-state index is 12.6. The van der Waals surface area contributed by atoms with Crippen LogP contribution in [0.25, 0.3) is 0 Å². The van der Waals surface area contributed by atoms with E-state index in [4.69, 9.17) is 18.6 Å². The average Bonchev–Trinajstić information content (AvgIpc) is 3.57. The van der Waals surface area contributed by atoms with E-state index in [-0.39, 0.29) is 18.4 Å². The molecule has 2 aromatic heterocycles. The molecule has 0 unspecified atom stereocenters. The molecular weight excluding hydrogens is 460 g/mol. The molecule has 0 saturated heterocycles. The number of carbonyl (C=O) groups is 1. The summed E-state index contributed by atoms with van der Waals surface area (Å²) < 4.78 is 22.0. The molecule has 184 valence electrons. The summed E-state index contributed by atoms with van der Waals surface area (Å²) in [5.74, 6) is 2.42. The molecule has 9 nitrogen and oxygen atoms in total. The van der Waals surface area contributed by atoms with Gasteiger partial charge in [-0.2, -0.15) is 0 Å². The van der Waals surface area contributed by atoms with Crippen LogP contribution >= 0.6 is 0 Å². The van der Waals surface area contributed by atoms with Crippen LogP contribution in [-0.2, 0) is 26.2 Å². The summed E-state index contributed by atoms with van der Waals surface area (Å²) in [6, 6.07) is 17.5. The number of pyridine rings is 1. The molecule has 3 heterocycles. The summed E-state index contributed by atoms with van der Waals surface area (Å²) in [7, 11) is 1.65. The van der Waals surface area contributed by atoms with Crippen LogP contribution in [0.3, 0.4) is 0 Å². The maximum Gasteiger partial charge on any atom is 0.273 e. The summed E-state index contributed by atoms with van der Waals surface area (Å²) in [5, 5.41) is 2.84. The van der Waals surface area contributed by atoms with Gasteiger partial charge in [-0.05, 0) is 47.0 Å². The average molecular weight is 487 g/mol. The molecule has 9 heteroatoms. The van der Waals surface area contributed by atoms with Crippen molar-refractivity contribution < 1.29 is 23.4 Å². The molecule has 0 radical (unpaired) electrons. The van der Waals surface area contributed by atoms with E-state index in [2.05, 4.69) is 20.2 Å². The summed E-state index contributed by atoms with van der Waals surface area (Å²) in [5.41, 5.74) is 3.28. The lowest BCUT2D eigenvalue weighted by molar-refractivity contribution is 0.0945. The van der Waals surface area contributed by atoms with Crippen LogP contribution in [0.1, 0.15) is 33.1 Å². The summed E-state index contributed by atoms with van der Waals surface area (Å²) in [4.78, 5) is 23.2. The second kappa shape index (κ2) is 10.9. The number of carbonyl (C=O) groups excluding carboxylic acids is 1. The molecule has 0 saturated carbocycles. The zero-order valence-corrected chi connectivity index (χ0v) is 19.8. The van der Waals surface area contributed by atoms with Crippen molar-refractivity contribution in [2.75, 3.05) is 13.9 Å². The Balaban J connectivity index is 1.29. The quantitative estimate of drug-likeness (QED) is 0.360. The van der Waals surface area contributed by atoms with Crippen LogP contribution in [0, 0.1) is 0 Å². The highest BCUT2D eigenvalue weighted by molar-refractivity contribution is 5.91. The number of rotatable bonds is 10. The van der Waals surface area contributed by atoms with Crippen LogP contribution in [0.2, 0.25) is 0 Å². The van der Waals surface area contributed by atoms with Gasteiger partial charge in [0.2, 0.25) is 12.7 Å². The molecule has 1 amide bonds. The molecular formula is C27H26N4O5. The van der Waals surface area contributed by atoms with E-state index in [0.717, 1.165) is 33.9 Å². The Kier molecular flexibility index (Phi) is 7.09. The fourth-order valence-corrected chi connectivity index (χ4v) is 3.95. The first-order valence-corrected chi connectivity index (χ1v) is 11.5. The highest BCUT2D eigenvalue weighted by atomic mass is 16.7. The van der Waals surface area contributed by atoms with Gasteiger partial charge in [0.15, 0.2) is 17.2 Å². The minimum Gasteiger partial charge on any atom is -0.497 e. The van der Waals surface area contributed by atoms with Crippen molar-refractivity contribution in [1.82, 2.24) is 20.2 Å². The van der Waals surface area contributed by atoms with Crippen molar-refractivity contribution in [2.45, 2.75) is 26.2 Å². The first-order valence-electron chi connectivity index (χ1n) is 11.5. The number of oxazole rings is 1.